The van der Waals surface area contributed by atoms with Gasteiger partial charge in [0.2, 0.25) is 0 Å². The van der Waals surface area contributed by atoms with Gasteiger partial charge in [-0.05, 0) is 24.3 Å². The van der Waals surface area contributed by atoms with Crippen LogP contribution in [0.4, 0.5) is 4.39 Å². The number of halogens is 2. The Morgan fingerprint density at radius 1 is 1.21 bits per heavy atom. The van der Waals surface area contributed by atoms with Crippen molar-refractivity contribution in [2.75, 3.05) is 0 Å². The van der Waals surface area contributed by atoms with E-state index in [4.69, 9.17) is 11.6 Å². The summed E-state index contributed by atoms with van der Waals surface area (Å²) >= 11 is 5.84. The Labute approximate surface area is 142 Å². The summed E-state index contributed by atoms with van der Waals surface area (Å²) in [4.78, 5) is 12.0. The topological polar surface area (TPSA) is 70.1 Å². The van der Waals surface area contributed by atoms with E-state index < -0.39 is 11.7 Å². The summed E-state index contributed by atoms with van der Waals surface area (Å²) < 4.78 is 13.4. The van der Waals surface area contributed by atoms with Crippen LogP contribution in [0.2, 0.25) is 5.02 Å². The number of hydrazone groups is 1. The van der Waals surface area contributed by atoms with Crippen LogP contribution in [0.5, 0.6) is 0 Å². The minimum atomic E-state index is -0.477. The van der Waals surface area contributed by atoms with Crippen LogP contribution in [0.3, 0.4) is 0 Å². The van der Waals surface area contributed by atoms with Gasteiger partial charge in [-0.2, -0.15) is 10.2 Å². The molecule has 0 saturated heterocycles. The Morgan fingerprint density at radius 3 is 2.71 bits per heavy atom. The lowest BCUT2D eigenvalue weighted by Crippen LogP contribution is -2.18. The van der Waals surface area contributed by atoms with Gasteiger partial charge in [0.1, 0.15) is 11.5 Å². The first kappa shape index (κ1) is 15.9. The van der Waals surface area contributed by atoms with Crippen LogP contribution in [0.15, 0.2) is 59.7 Å². The summed E-state index contributed by atoms with van der Waals surface area (Å²) in [7, 11) is 0. The third kappa shape index (κ3) is 3.67. The minimum Gasteiger partial charge on any atom is -0.272 e. The quantitative estimate of drug-likeness (QED) is 0.561. The van der Waals surface area contributed by atoms with Gasteiger partial charge in [0, 0.05) is 16.1 Å². The summed E-state index contributed by atoms with van der Waals surface area (Å²) in [6.45, 7) is 0. The molecule has 3 aromatic rings. The van der Waals surface area contributed by atoms with Gasteiger partial charge in [-0.3, -0.25) is 9.89 Å². The second-order valence-corrected chi connectivity index (χ2v) is 5.33. The molecule has 0 aliphatic rings. The molecule has 1 aromatic heterocycles. The summed E-state index contributed by atoms with van der Waals surface area (Å²) in [5.41, 5.74) is 4.27. The number of aromatic amines is 1. The fourth-order valence-electron chi connectivity index (χ4n) is 2.01. The number of carbonyl (C=O) groups is 1. The van der Waals surface area contributed by atoms with Gasteiger partial charge in [-0.25, -0.2) is 9.82 Å². The van der Waals surface area contributed by atoms with Gasteiger partial charge in [0.25, 0.3) is 5.91 Å². The maximum Gasteiger partial charge on any atom is 0.289 e. The number of amides is 1. The fraction of sp³-hybridized carbons (Fsp3) is 0. The van der Waals surface area contributed by atoms with E-state index in [9.17, 15) is 9.18 Å². The molecule has 0 spiro atoms. The van der Waals surface area contributed by atoms with E-state index in [0.29, 0.717) is 10.7 Å². The molecule has 0 aliphatic carbocycles. The van der Waals surface area contributed by atoms with Crippen molar-refractivity contribution in [3.05, 3.63) is 76.7 Å². The first-order chi connectivity index (χ1) is 11.6. The van der Waals surface area contributed by atoms with Crippen LogP contribution >= 0.6 is 11.6 Å². The number of benzene rings is 2. The minimum absolute atomic E-state index is 0.241. The van der Waals surface area contributed by atoms with Gasteiger partial charge in [0.05, 0.1) is 11.9 Å². The van der Waals surface area contributed by atoms with E-state index in [1.54, 1.807) is 48.5 Å². The number of H-pyrrole nitrogens is 1. The molecule has 0 atom stereocenters. The smallest absolute Gasteiger partial charge is 0.272 e. The highest BCUT2D eigenvalue weighted by atomic mass is 35.5. The fourth-order valence-corrected chi connectivity index (χ4v) is 2.13. The Morgan fingerprint density at radius 2 is 1.96 bits per heavy atom. The normalized spacial score (nSPS) is 10.9. The molecule has 2 N–H and O–H groups in total. The Balaban J connectivity index is 1.68. The number of aromatic nitrogens is 2. The maximum absolute atomic E-state index is 13.4. The monoisotopic (exact) mass is 342 g/mol. The lowest BCUT2D eigenvalue weighted by molar-refractivity contribution is 0.0950. The molecule has 0 unspecified atom stereocenters. The average molecular weight is 343 g/mol. The van der Waals surface area contributed by atoms with Crippen molar-refractivity contribution in [2.45, 2.75) is 0 Å². The SMILES string of the molecule is O=C(N/N=C\c1ccccc1F)c1cc(-c2ccc(Cl)cc2)n[nH]1. The summed E-state index contributed by atoms with van der Waals surface area (Å²) in [6, 6.07) is 14.8. The Hall–Kier alpha value is -2.99. The van der Waals surface area contributed by atoms with Crippen LogP contribution in [-0.4, -0.2) is 22.3 Å². The largest absolute Gasteiger partial charge is 0.289 e. The lowest BCUT2D eigenvalue weighted by Gasteiger charge is -1.97. The van der Waals surface area contributed by atoms with E-state index >= 15 is 0 Å². The van der Waals surface area contributed by atoms with E-state index in [2.05, 4.69) is 20.7 Å². The van der Waals surface area contributed by atoms with Crippen LogP contribution in [-0.2, 0) is 0 Å². The molecule has 0 radical (unpaired) electrons. The predicted molar refractivity (Wildman–Crippen MR) is 90.5 cm³/mol. The standard InChI is InChI=1S/C17H12ClFN4O/c18-13-7-5-11(6-8-13)15-9-16(22-21-15)17(24)23-20-10-12-3-1-2-4-14(12)19/h1-10H,(H,21,22)(H,23,24)/b20-10-. The van der Waals surface area contributed by atoms with Crippen molar-refractivity contribution >= 4 is 23.7 Å². The zero-order valence-electron chi connectivity index (χ0n) is 12.3. The number of hydrogen-bond donors (Lipinski definition) is 2. The first-order valence-electron chi connectivity index (χ1n) is 7.03. The molecule has 0 saturated carbocycles. The molecular formula is C17H12ClFN4O. The molecule has 1 heterocycles. The van der Waals surface area contributed by atoms with Gasteiger partial charge >= 0.3 is 0 Å². The molecular weight excluding hydrogens is 331 g/mol. The van der Waals surface area contributed by atoms with Crippen molar-refractivity contribution in [1.29, 1.82) is 0 Å². The highest BCUT2D eigenvalue weighted by Gasteiger charge is 2.10. The van der Waals surface area contributed by atoms with Gasteiger partial charge in [0.15, 0.2) is 0 Å². The molecule has 0 fully saturated rings. The summed E-state index contributed by atoms with van der Waals surface area (Å²) in [5, 5.41) is 11.1. The molecule has 0 bridgehead atoms. The zero-order chi connectivity index (χ0) is 16.9. The average Bonchev–Trinajstić information content (AvgIpc) is 3.07. The van der Waals surface area contributed by atoms with Gasteiger partial charge in [-0.15, -0.1) is 0 Å². The molecule has 5 nitrogen and oxygen atoms in total. The highest BCUT2D eigenvalue weighted by Crippen LogP contribution is 2.20. The number of hydrogen-bond acceptors (Lipinski definition) is 3. The maximum atomic E-state index is 13.4. The molecule has 24 heavy (non-hydrogen) atoms. The molecule has 3 rings (SSSR count). The van der Waals surface area contributed by atoms with E-state index in [0.717, 1.165) is 5.56 Å². The molecule has 7 heteroatoms. The zero-order valence-corrected chi connectivity index (χ0v) is 13.1. The highest BCUT2D eigenvalue weighted by molar-refractivity contribution is 6.30. The molecule has 2 aromatic carbocycles. The number of rotatable bonds is 4. The van der Waals surface area contributed by atoms with Crippen molar-refractivity contribution < 1.29 is 9.18 Å². The number of nitrogens with zero attached hydrogens (tertiary/aromatic N) is 2. The van der Waals surface area contributed by atoms with Crippen molar-refractivity contribution in [3.8, 4) is 11.3 Å². The Bertz CT molecular complexity index is 890. The van der Waals surface area contributed by atoms with Crippen molar-refractivity contribution in [3.63, 3.8) is 0 Å². The van der Waals surface area contributed by atoms with E-state index in [-0.39, 0.29) is 11.3 Å². The van der Waals surface area contributed by atoms with E-state index in [1.165, 1.54) is 12.3 Å². The summed E-state index contributed by atoms with van der Waals surface area (Å²) in [6.07, 6.45) is 1.24. The molecule has 0 aliphatic heterocycles. The van der Waals surface area contributed by atoms with Crippen LogP contribution in [0, 0.1) is 5.82 Å². The molecule has 120 valence electrons. The van der Waals surface area contributed by atoms with Gasteiger partial charge in [-0.1, -0.05) is 41.9 Å². The third-order valence-electron chi connectivity index (χ3n) is 3.24. The number of nitrogens with one attached hydrogen (secondary N) is 2. The van der Waals surface area contributed by atoms with Gasteiger partial charge < -0.3 is 0 Å². The first-order valence-corrected chi connectivity index (χ1v) is 7.40. The van der Waals surface area contributed by atoms with Crippen molar-refractivity contribution in [1.82, 2.24) is 15.6 Å². The second-order valence-electron chi connectivity index (χ2n) is 4.89. The molecule has 1 amide bonds. The van der Waals surface area contributed by atoms with Crippen LogP contribution in [0.25, 0.3) is 11.3 Å². The summed E-state index contributed by atoms with van der Waals surface area (Å²) in [5.74, 6) is -0.891. The van der Waals surface area contributed by atoms with Crippen LogP contribution in [0.1, 0.15) is 16.1 Å². The number of carbonyl (C=O) groups excluding carboxylic acids is 1. The Kier molecular flexibility index (Phi) is 4.67. The lowest BCUT2D eigenvalue weighted by atomic mass is 10.1. The van der Waals surface area contributed by atoms with Crippen molar-refractivity contribution in [2.24, 2.45) is 5.10 Å². The van der Waals surface area contributed by atoms with E-state index in [1.807, 2.05) is 0 Å². The van der Waals surface area contributed by atoms with Crippen LogP contribution < -0.4 is 5.43 Å². The predicted octanol–water partition coefficient (Wildman–Crippen LogP) is 3.63. The second kappa shape index (κ2) is 7.06. The third-order valence-corrected chi connectivity index (χ3v) is 3.49.